The van der Waals surface area contributed by atoms with Gasteiger partial charge in [-0.1, -0.05) is 30.8 Å². The van der Waals surface area contributed by atoms with Gasteiger partial charge in [-0.15, -0.1) is 0 Å². The van der Waals surface area contributed by atoms with E-state index in [0.717, 1.165) is 28.8 Å². The molecule has 23 heavy (non-hydrogen) atoms. The second kappa shape index (κ2) is 6.16. The van der Waals surface area contributed by atoms with E-state index < -0.39 is 0 Å². The smallest absolute Gasteiger partial charge is 0.258 e. The van der Waals surface area contributed by atoms with Crippen molar-refractivity contribution >= 4 is 11.6 Å². The van der Waals surface area contributed by atoms with Crippen molar-refractivity contribution < 1.29 is 14.3 Å². The van der Waals surface area contributed by atoms with Crippen LogP contribution in [-0.4, -0.2) is 31.6 Å². The van der Waals surface area contributed by atoms with E-state index in [9.17, 15) is 4.79 Å². The van der Waals surface area contributed by atoms with Gasteiger partial charge in [0.25, 0.3) is 5.91 Å². The van der Waals surface area contributed by atoms with Crippen LogP contribution in [0.3, 0.4) is 0 Å². The predicted molar refractivity (Wildman–Crippen MR) is 89.8 cm³/mol. The molecule has 1 aliphatic heterocycles. The summed E-state index contributed by atoms with van der Waals surface area (Å²) in [6.45, 7) is 4.65. The van der Waals surface area contributed by atoms with Crippen LogP contribution in [0.15, 0.2) is 49.0 Å². The molecule has 0 saturated carbocycles. The molecule has 4 nitrogen and oxygen atoms in total. The number of fused-ring (bicyclic) bond motifs is 1. The van der Waals surface area contributed by atoms with Crippen LogP contribution >= 0.6 is 0 Å². The summed E-state index contributed by atoms with van der Waals surface area (Å²) in [6, 6.07) is 13.4. The van der Waals surface area contributed by atoms with Gasteiger partial charge in [-0.2, -0.15) is 0 Å². The van der Waals surface area contributed by atoms with Crippen LogP contribution in [0.25, 0.3) is 5.70 Å². The minimum Gasteiger partial charge on any atom is -0.493 e. The highest BCUT2D eigenvalue weighted by Crippen LogP contribution is 2.32. The lowest BCUT2D eigenvalue weighted by atomic mass is 10.1. The van der Waals surface area contributed by atoms with Crippen molar-refractivity contribution in [1.29, 1.82) is 0 Å². The molecule has 1 amide bonds. The summed E-state index contributed by atoms with van der Waals surface area (Å²) in [5, 5.41) is 0. The van der Waals surface area contributed by atoms with Gasteiger partial charge in [-0.05, 0) is 30.2 Å². The number of ether oxygens (including phenoxy) is 2. The minimum atomic E-state index is 0.0195. The monoisotopic (exact) mass is 309 g/mol. The molecule has 0 N–H and O–H groups in total. The normalized spacial score (nSPS) is 13.2. The molecule has 0 spiro atoms. The third-order valence-corrected chi connectivity index (χ3v) is 4.11. The van der Waals surface area contributed by atoms with E-state index in [1.807, 2.05) is 42.5 Å². The highest BCUT2D eigenvalue weighted by molar-refractivity contribution is 6.08. The third-order valence-electron chi connectivity index (χ3n) is 4.11. The zero-order chi connectivity index (χ0) is 16.4. The molecule has 0 atom stereocenters. The lowest BCUT2D eigenvalue weighted by Gasteiger charge is -2.18. The Bertz CT molecular complexity index is 732. The number of benzene rings is 2. The molecular formula is C19H19NO3. The molecule has 1 heterocycles. The predicted octanol–water partition coefficient (Wildman–Crippen LogP) is 3.37. The molecule has 3 rings (SSSR count). The molecule has 0 radical (unpaired) electrons. The molecule has 0 aromatic heterocycles. The van der Waals surface area contributed by atoms with Gasteiger partial charge >= 0.3 is 0 Å². The highest BCUT2D eigenvalue weighted by Gasteiger charge is 2.30. The number of hydrogen-bond acceptors (Lipinski definition) is 3. The molecule has 0 unspecified atom stereocenters. The Balaban J connectivity index is 1.75. The van der Waals surface area contributed by atoms with Crippen LogP contribution < -0.4 is 9.47 Å². The standard InChI is InChI=1S/C19H19NO3/c1-13-15-6-4-5-7-16(15)19(21)20(13)11-10-14-8-9-17(22-2)18(12-14)23-3/h4-9,12H,1,10-11H2,2-3H3. The van der Waals surface area contributed by atoms with E-state index in [2.05, 4.69) is 6.58 Å². The number of rotatable bonds is 5. The molecule has 4 heteroatoms. The van der Waals surface area contributed by atoms with Crippen molar-refractivity contribution in [1.82, 2.24) is 4.90 Å². The molecule has 118 valence electrons. The molecule has 0 aliphatic carbocycles. The van der Waals surface area contributed by atoms with Crippen LogP contribution in [0.2, 0.25) is 0 Å². The summed E-state index contributed by atoms with van der Waals surface area (Å²) < 4.78 is 10.6. The lowest BCUT2D eigenvalue weighted by Crippen LogP contribution is -2.25. The van der Waals surface area contributed by atoms with Gasteiger partial charge in [0.2, 0.25) is 0 Å². The second-order valence-corrected chi connectivity index (χ2v) is 5.39. The first kappa shape index (κ1) is 15.2. The Kier molecular flexibility index (Phi) is 4.06. The van der Waals surface area contributed by atoms with Crippen molar-refractivity contribution in [3.8, 4) is 11.5 Å². The van der Waals surface area contributed by atoms with Gasteiger partial charge in [0.05, 0.1) is 14.2 Å². The average molecular weight is 309 g/mol. The number of carbonyl (C=O) groups is 1. The molecular weight excluding hydrogens is 290 g/mol. The van der Waals surface area contributed by atoms with Crippen molar-refractivity contribution in [2.45, 2.75) is 6.42 Å². The maximum Gasteiger partial charge on any atom is 0.258 e. The number of methoxy groups -OCH3 is 2. The molecule has 2 aromatic carbocycles. The summed E-state index contributed by atoms with van der Waals surface area (Å²) in [5.41, 5.74) is 3.50. The third kappa shape index (κ3) is 2.68. The largest absolute Gasteiger partial charge is 0.493 e. The van der Waals surface area contributed by atoms with E-state index in [4.69, 9.17) is 9.47 Å². The molecule has 1 aliphatic rings. The van der Waals surface area contributed by atoms with E-state index in [1.165, 1.54) is 0 Å². The lowest BCUT2D eigenvalue weighted by molar-refractivity contribution is 0.0852. The van der Waals surface area contributed by atoms with Gasteiger partial charge in [-0.25, -0.2) is 0 Å². The summed E-state index contributed by atoms with van der Waals surface area (Å²) in [4.78, 5) is 14.2. The first-order valence-corrected chi connectivity index (χ1v) is 7.46. The first-order valence-electron chi connectivity index (χ1n) is 7.46. The Morgan fingerprint density at radius 1 is 1.00 bits per heavy atom. The zero-order valence-electron chi connectivity index (χ0n) is 13.3. The van der Waals surface area contributed by atoms with Gasteiger partial charge < -0.3 is 14.4 Å². The second-order valence-electron chi connectivity index (χ2n) is 5.39. The molecule has 0 bridgehead atoms. The number of hydrogen-bond donors (Lipinski definition) is 0. The van der Waals surface area contributed by atoms with Gasteiger partial charge in [-0.3, -0.25) is 4.79 Å². The van der Waals surface area contributed by atoms with Crippen LogP contribution in [0, 0.1) is 0 Å². The zero-order valence-corrected chi connectivity index (χ0v) is 13.3. The molecule has 2 aromatic rings. The summed E-state index contributed by atoms with van der Waals surface area (Å²) in [7, 11) is 3.23. The number of carbonyl (C=O) groups excluding carboxylic acids is 1. The van der Waals surface area contributed by atoms with E-state index in [1.54, 1.807) is 19.1 Å². The van der Waals surface area contributed by atoms with Crippen molar-refractivity contribution in [3.05, 3.63) is 65.7 Å². The quantitative estimate of drug-likeness (QED) is 0.850. The summed E-state index contributed by atoms with van der Waals surface area (Å²) in [6.07, 6.45) is 0.721. The van der Waals surface area contributed by atoms with Crippen LogP contribution in [-0.2, 0) is 6.42 Å². The summed E-state index contributed by atoms with van der Waals surface area (Å²) >= 11 is 0. The summed E-state index contributed by atoms with van der Waals surface area (Å²) in [5.74, 6) is 1.41. The fraction of sp³-hybridized carbons (Fsp3) is 0.211. The van der Waals surface area contributed by atoms with Crippen LogP contribution in [0.1, 0.15) is 21.5 Å². The van der Waals surface area contributed by atoms with Gasteiger partial charge in [0.1, 0.15) is 0 Å². The van der Waals surface area contributed by atoms with Crippen LogP contribution in [0.4, 0.5) is 0 Å². The van der Waals surface area contributed by atoms with Crippen LogP contribution in [0.5, 0.6) is 11.5 Å². The minimum absolute atomic E-state index is 0.0195. The van der Waals surface area contributed by atoms with Crippen molar-refractivity contribution in [2.24, 2.45) is 0 Å². The number of amides is 1. The Morgan fingerprint density at radius 2 is 1.70 bits per heavy atom. The average Bonchev–Trinajstić information content (AvgIpc) is 2.84. The highest BCUT2D eigenvalue weighted by atomic mass is 16.5. The van der Waals surface area contributed by atoms with E-state index in [-0.39, 0.29) is 5.91 Å². The number of nitrogens with zero attached hydrogens (tertiary/aromatic N) is 1. The van der Waals surface area contributed by atoms with Gasteiger partial charge in [0.15, 0.2) is 11.5 Å². The van der Waals surface area contributed by atoms with Gasteiger partial charge in [0, 0.05) is 23.4 Å². The molecule has 0 saturated heterocycles. The molecule has 0 fully saturated rings. The fourth-order valence-corrected chi connectivity index (χ4v) is 2.85. The Hall–Kier alpha value is -2.75. The van der Waals surface area contributed by atoms with Crippen molar-refractivity contribution in [2.75, 3.05) is 20.8 Å². The Morgan fingerprint density at radius 3 is 2.35 bits per heavy atom. The maximum absolute atomic E-state index is 12.5. The first-order chi connectivity index (χ1) is 11.2. The maximum atomic E-state index is 12.5. The van der Waals surface area contributed by atoms with E-state index in [0.29, 0.717) is 18.0 Å². The SMILES string of the molecule is C=C1c2ccccc2C(=O)N1CCc1ccc(OC)c(OC)c1. The fourth-order valence-electron chi connectivity index (χ4n) is 2.85. The van der Waals surface area contributed by atoms with E-state index >= 15 is 0 Å². The topological polar surface area (TPSA) is 38.8 Å². The van der Waals surface area contributed by atoms with Crippen molar-refractivity contribution in [3.63, 3.8) is 0 Å². The Labute approximate surface area is 135 Å².